The Labute approximate surface area is 204 Å². The summed E-state index contributed by atoms with van der Waals surface area (Å²) in [7, 11) is 0. The summed E-state index contributed by atoms with van der Waals surface area (Å²) in [5.41, 5.74) is 0.953. The fourth-order valence-corrected chi connectivity index (χ4v) is 2.71. The van der Waals surface area contributed by atoms with Gasteiger partial charge in [0, 0.05) is 40.6 Å². The van der Waals surface area contributed by atoms with Gasteiger partial charge in [0.15, 0.2) is 11.6 Å². The molecule has 9 heteroatoms. The third-order valence-corrected chi connectivity index (χ3v) is 4.47. The van der Waals surface area contributed by atoms with Crippen molar-refractivity contribution in [1.82, 2.24) is 10.6 Å². The zero-order valence-corrected chi connectivity index (χ0v) is 19.7. The monoisotopic (exact) mass is 498 g/mol. The number of carbonyl (C=O) groups excluding carboxylic acids is 2. The number of hydrogen-bond donors (Lipinski definition) is 4. The standard InChI is InChI=1S/2C12H15NO3.Fe/c2*1-2-5-10(12(15)16)13-8-9-6-3-4-7-11(9)14;/h2*3-4,6-8,10,13H,2,5H2,1H3,(H,15,16);/b2*9-8-;. The Hall–Kier alpha value is -3.16. The van der Waals surface area contributed by atoms with Gasteiger partial charge in [0.1, 0.15) is 12.1 Å². The molecule has 8 nitrogen and oxygen atoms in total. The molecule has 0 saturated heterocycles. The Morgan fingerprint density at radius 1 is 0.758 bits per heavy atom. The quantitative estimate of drug-likeness (QED) is 0.267. The van der Waals surface area contributed by atoms with Crippen LogP contribution in [-0.4, -0.2) is 45.8 Å². The van der Waals surface area contributed by atoms with Crippen molar-refractivity contribution in [2.45, 2.75) is 51.6 Å². The van der Waals surface area contributed by atoms with Crippen LogP contribution in [0.15, 0.2) is 72.2 Å². The van der Waals surface area contributed by atoms with Crippen LogP contribution in [-0.2, 0) is 36.2 Å². The molecule has 33 heavy (non-hydrogen) atoms. The van der Waals surface area contributed by atoms with E-state index in [1.807, 2.05) is 13.8 Å². The van der Waals surface area contributed by atoms with Gasteiger partial charge < -0.3 is 20.8 Å². The maximum atomic E-state index is 11.3. The first-order valence-corrected chi connectivity index (χ1v) is 10.5. The van der Waals surface area contributed by atoms with Crippen molar-refractivity contribution in [3.05, 3.63) is 72.2 Å². The summed E-state index contributed by atoms with van der Waals surface area (Å²) < 4.78 is 0. The minimum atomic E-state index is -0.901. The average molecular weight is 498 g/mol. The Morgan fingerprint density at radius 3 is 1.36 bits per heavy atom. The molecule has 0 saturated carbocycles. The SMILES string of the molecule is CCCC(N/C=C1/C=CC=CC1=O)C(=O)O.CCCC(N/C=C1/C=CC=CC1=O)C(=O)O.[Fe]. The predicted molar refractivity (Wildman–Crippen MR) is 122 cm³/mol. The first kappa shape index (κ1) is 29.8. The van der Waals surface area contributed by atoms with Crippen LogP contribution in [0.25, 0.3) is 0 Å². The molecule has 0 aromatic rings. The first-order chi connectivity index (χ1) is 15.3. The molecule has 0 amide bonds. The van der Waals surface area contributed by atoms with E-state index in [2.05, 4.69) is 10.6 Å². The molecule has 0 aromatic heterocycles. The van der Waals surface area contributed by atoms with E-state index in [1.165, 1.54) is 24.6 Å². The summed E-state index contributed by atoms with van der Waals surface area (Å²) in [5.74, 6) is -2.03. The van der Waals surface area contributed by atoms with E-state index >= 15 is 0 Å². The first-order valence-electron chi connectivity index (χ1n) is 10.5. The number of carboxylic acids is 2. The summed E-state index contributed by atoms with van der Waals surface area (Å²) in [4.78, 5) is 44.4. The number of rotatable bonds is 10. The van der Waals surface area contributed by atoms with Crippen LogP contribution >= 0.6 is 0 Å². The number of nitrogens with one attached hydrogen (secondary N) is 2. The summed E-state index contributed by atoms with van der Waals surface area (Å²) in [6.07, 6.45) is 18.5. The molecular formula is C24H30FeN2O6. The molecule has 0 aliphatic heterocycles. The Balaban J connectivity index is 0.000000602. The molecule has 2 aliphatic carbocycles. The molecule has 0 aromatic carbocycles. The summed E-state index contributed by atoms with van der Waals surface area (Å²) in [5, 5.41) is 23.3. The Kier molecular flexibility index (Phi) is 14.9. The molecule has 0 fully saturated rings. The summed E-state index contributed by atoms with van der Waals surface area (Å²) in [6, 6.07) is -1.27. The van der Waals surface area contributed by atoms with Crippen molar-refractivity contribution < 1.29 is 46.5 Å². The fourth-order valence-electron chi connectivity index (χ4n) is 2.71. The van der Waals surface area contributed by atoms with Crippen molar-refractivity contribution >= 4 is 23.5 Å². The van der Waals surface area contributed by atoms with Crippen LogP contribution in [0, 0.1) is 0 Å². The van der Waals surface area contributed by atoms with Gasteiger partial charge in [-0.05, 0) is 37.1 Å². The van der Waals surface area contributed by atoms with Crippen LogP contribution in [0.5, 0.6) is 0 Å². The van der Waals surface area contributed by atoms with Crippen LogP contribution in [0.4, 0.5) is 0 Å². The molecular weight excluding hydrogens is 468 g/mol. The zero-order chi connectivity index (χ0) is 23.9. The van der Waals surface area contributed by atoms with Crippen molar-refractivity contribution in [3.63, 3.8) is 0 Å². The van der Waals surface area contributed by atoms with E-state index in [1.54, 1.807) is 36.5 Å². The predicted octanol–water partition coefficient (Wildman–Crippen LogP) is 2.81. The number of carbonyl (C=O) groups is 4. The van der Waals surface area contributed by atoms with Gasteiger partial charge in [-0.15, -0.1) is 0 Å². The molecule has 2 unspecified atom stereocenters. The van der Waals surface area contributed by atoms with Gasteiger partial charge in [0.25, 0.3) is 0 Å². The minimum Gasteiger partial charge on any atom is -0.480 e. The van der Waals surface area contributed by atoms with E-state index in [4.69, 9.17) is 10.2 Å². The van der Waals surface area contributed by atoms with E-state index in [0.717, 1.165) is 12.8 Å². The van der Waals surface area contributed by atoms with Crippen molar-refractivity contribution in [3.8, 4) is 0 Å². The van der Waals surface area contributed by atoms with Crippen LogP contribution in [0.3, 0.4) is 0 Å². The molecule has 0 bridgehead atoms. The molecule has 0 radical (unpaired) electrons. The van der Waals surface area contributed by atoms with Crippen LogP contribution in [0.1, 0.15) is 39.5 Å². The number of hydrogen-bond acceptors (Lipinski definition) is 6. The fraction of sp³-hybridized carbons (Fsp3) is 0.333. The van der Waals surface area contributed by atoms with E-state index < -0.39 is 24.0 Å². The number of aliphatic carboxylic acids is 2. The van der Waals surface area contributed by atoms with Gasteiger partial charge in [-0.1, -0.05) is 51.0 Å². The van der Waals surface area contributed by atoms with Crippen molar-refractivity contribution in [2.75, 3.05) is 0 Å². The normalized spacial score (nSPS) is 18.2. The van der Waals surface area contributed by atoms with Gasteiger partial charge in [-0.3, -0.25) is 9.59 Å². The van der Waals surface area contributed by atoms with E-state index in [9.17, 15) is 19.2 Å². The van der Waals surface area contributed by atoms with Gasteiger partial charge >= 0.3 is 11.9 Å². The van der Waals surface area contributed by atoms with E-state index in [-0.39, 0.29) is 28.6 Å². The second kappa shape index (κ2) is 16.5. The third kappa shape index (κ3) is 11.3. The van der Waals surface area contributed by atoms with Gasteiger partial charge in [0.05, 0.1) is 0 Å². The van der Waals surface area contributed by atoms with Crippen LogP contribution < -0.4 is 10.6 Å². The van der Waals surface area contributed by atoms with Gasteiger partial charge in [0.2, 0.25) is 0 Å². The number of ketones is 2. The smallest absolute Gasteiger partial charge is 0.326 e. The van der Waals surface area contributed by atoms with E-state index in [0.29, 0.717) is 24.0 Å². The minimum absolute atomic E-state index is 0. The third-order valence-electron chi connectivity index (χ3n) is 4.47. The Morgan fingerprint density at radius 2 is 1.09 bits per heavy atom. The van der Waals surface area contributed by atoms with Crippen molar-refractivity contribution in [2.24, 2.45) is 0 Å². The molecule has 0 spiro atoms. The molecule has 2 aliphatic rings. The molecule has 2 rings (SSSR count). The average Bonchev–Trinajstić information content (AvgIpc) is 2.76. The summed E-state index contributed by atoms with van der Waals surface area (Å²) >= 11 is 0. The van der Waals surface area contributed by atoms with Gasteiger partial charge in [-0.2, -0.15) is 0 Å². The second-order valence-corrected chi connectivity index (χ2v) is 7.06. The topological polar surface area (TPSA) is 133 Å². The maximum absolute atomic E-state index is 11.3. The summed E-state index contributed by atoms with van der Waals surface area (Å²) in [6.45, 7) is 3.83. The van der Waals surface area contributed by atoms with Crippen molar-refractivity contribution in [1.29, 1.82) is 0 Å². The van der Waals surface area contributed by atoms with Crippen LogP contribution in [0.2, 0.25) is 0 Å². The maximum Gasteiger partial charge on any atom is 0.326 e. The molecule has 0 heterocycles. The number of carboxylic acid groups (broad SMARTS) is 2. The molecule has 2 atom stereocenters. The molecule has 180 valence electrons. The largest absolute Gasteiger partial charge is 0.480 e. The zero-order valence-electron chi connectivity index (χ0n) is 18.6. The Bertz CT molecular complexity index is 811. The second-order valence-electron chi connectivity index (χ2n) is 7.06. The number of allylic oxidation sites excluding steroid dienone is 10. The molecule has 4 N–H and O–H groups in total. The van der Waals surface area contributed by atoms with Gasteiger partial charge in [-0.25, -0.2) is 9.59 Å².